The number of nitrogens with zero attached hydrogens (tertiary/aromatic N) is 2. The van der Waals surface area contributed by atoms with E-state index in [1.165, 1.54) is 18.2 Å². The molecule has 0 saturated heterocycles. The standard InChI is InChI=1S/C16H18N2O4/c1-10(16(20)21)9-18(2)15(19)14-11-6-4-5-7-12(11)17-8-13(14)22-3/h4-8,10H,9H2,1-3H3,(H,20,21). The largest absolute Gasteiger partial charge is 0.494 e. The first-order chi connectivity index (χ1) is 10.5. The average molecular weight is 302 g/mol. The molecule has 1 aromatic carbocycles. The lowest BCUT2D eigenvalue weighted by atomic mass is 10.1. The Hall–Kier alpha value is -2.63. The van der Waals surface area contributed by atoms with Crippen LogP contribution >= 0.6 is 0 Å². The fraction of sp³-hybridized carbons (Fsp3) is 0.312. The van der Waals surface area contributed by atoms with Crippen LogP contribution in [0.25, 0.3) is 10.9 Å². The van der Waals surface area contributed by atoms with Crippen LogP contribution in [0.5, 0.6) is 5.75 Å². The Bertz CT molecular complexity index is 714. The predicted molar refractivity (Wildman–Crippen MR) is 82.1 cm³/mol. The third-order valence-electron chi connectivity index (χ3n) is 3.49. The monoisotopic (exact) mass is 302 g/mol. The number of carbonyl (C=O) groups excluding carboxylic acids is 1. The van der Waals surface area contributed by atoms with Gasteiger partial charge in [0.05, 0.1) is 30.3 Å². The van der Waals surface area contributed by atoms with Gasteiger partial charge in [-0.2, -0.15) is 0 Å². The lowest BCUT2D eigenvalue weighted by Gasteiger charge is -2.21. The molecule has 2 aromatic rings. The Balaban J connectivity index is 2.44. The molecule has 0 spiro atoms. The number of methoxy groups -OCH3 is 1. The van der Waals surface area contributed by atoms with Crippen LogP contribution in [-0.4, -0.2) is 47.6 Å². The fourth-order valence-corrected chi connectivity index (χ4v) is 2.26. The van der Waals surface area contributed by atoms with E-state index in [9.17, 15) is 9.59 Å². The van der Waals surface area contributed by atoms with E-state index >= 15 is 0 Å². The zero-order valence-corrected chi connectivity index (χ0v) is 12.7. The molecule has 6 heteroatoms. The molecule has 2 rings (SSSR count). The van der Waals surface area contributed by atoms with Crippen molar-refractivity contribution >= 4 is 22.8 Å². The second-order valence-corrected chi connectivity index (χ2v) is 5.14. The van der Waals surface area contributed by atoms with Gasteiger partial charge >= 0.3 is 5.97 Å². The number of para-hydroxylation sites is 1. The molecule has 1 amide bonds. The second-order valence-electron chi connectivity index (χ2n) is 5.14. The minimum Gasteiger partial charge on any atom is -0.494 e. The SMILES string of the molecule is COc1cnc2ccccc2c1C(=O)N(C)CC(C)C(=O)O. The number of ether oxygens (including phenoxy) is 1. The highest BCUT2D eigenvalue weighted by atomic mass is 16.5. The van der Waals surface area contributed by atoms with Gasteiger partial charge in [0.1, 0.15) is 0 Å². The molecule has 116 valence electrons. The number of aromatic nitrogens is 1. The van der Waals surface area contributed by atoms with Crippen molar-refractivity contribution in [3.63, 3.8) is 0 Å². The zero-order chi connectivity index (χ0) is 16.3. The van der Waals surface area contributed by atoms with Gasteiger partial charge in [0.2, 0.25) is 0 Å². The van der Waals surface area contributed by atoms with Crippen LogP contribution in [0.4, 0.5) is 0 Å². The summed E-state index contributed by atoms with van der Waals surface area (Å²) in [6, 6.07) is 7.27. The summed E-state index contributed by atoms with van der Waals surface area (Å²) in [4.78, 5) is 29.3. The Morgan fingerprint density at radius 2 is 2.05 bits per heavy atom. The van der Waals surface area contributed by atoms with Crippen molar-refractivity contribution in [1.82, 2.24) is 9.88 Å². The van der Waals surface area contributed by atoms with Crippen LogP contribution < -0.4 is 4.74 Å². The van der Waals surface area contributed by atoms with E-state index < -0.39 is 11.9 Å². The predicted octanol–water partition coefficient (Wildman–Crippen LogP) is 2.04. The minimum atomic E-state index is -0.939. The van der Waals surface area contributed by atoms with E-state index in [1.807, 2.05) is 18.2 Å². The number of hydrogen-bond donors (Lipinski definition) is 1. The van der Waals surface area contributed by atoms with Crippen LogP contribution in [0.2, 0.25) is 0 Å². The van der Waals surface area contributed by atoms with Crippen molar-refractivity contribution in [2.75, 3.05) is 20.7 Å². The van der Waals surface area contributed by atoms with Crippen LogP contribution in [0.1, 0.15) is 17.3 Å². The fourth-order valence-electron chi connectivity index (χ4n) is 2.26. The molecule has 0 saturated carbocycles. The first-order valence-corrected chi connectivity index (χ1v) is 6.85. The molecule has 1 atom stereocenters. The van der Waals surface area contributed by atoms with Gasteiger partial charge in [0.15, 0.2) is 5.75 Å². The second kappa shape index (κ2) is 6.43. The molecular formula is C16H18N2O4. The maximum atomic E-state index is 12.7. The quantitative estimate of drug-likeness (QED) is 0.914. The maximum absolute atomic E-state index is 12.7. The highest BCUT2D eigenvalue weighted by Crippen LogP contribution is 2.27. The Morgan fingerprint density at radius 3 is 2.68 bits per heavy atom. The topological polar surface area (TPSA) is 79.7 Å². The lowest BCUT2D eigenvalue weighted by Crippen LogP contribution is -2.34. The van der Waals surface area contributed by atoms with Gasteiger partial charge in [-0.3, -0.25) is 14.6 Å². The van der Waals surface area contributed by atoms with E-state index in [2.05, 4.69) is 4.98 Å². The number of carboxylic acid groups (broad SMARTS) is 1. The van der Waals surface area contributed by atoms with E-state index in [1.54, 1.807) is 20.0 Å². The Labute approximate surface area is 128 Å². The first-order valence-electron chi connectivity index (χ1n) is 6.85. The first kappa shape index (κ1) is 15.8. The lowest BCUT2D eigenvalue weighted by molar-refractivity contribution is -0.141. The Kier molecular flexibility index (Phi) is 4.60. The maximum Gasteiger partial charge on any atom is 0.308 e. The summed E-state index contributed by atoms with van der Waals surface area (Å²) in [5.41, 5.74) is 1.08. The molecule has 0 fully saturated rings. The smallest absolute Gasteiger partial charge is 0.308 e. The minimum absolute atomic E-state index is 0.119. The van der Waals surface area contributed by atoms with E-state index in [4.69, 9.17) is 9.84 Å². The Morgan fingerprint density at radius 1 is 1.36 bits per heavy atom. The number of pyridine rings is 1. The molecule has 6 nitrogen and oxygen atoms in total. The highest BCUT2D eigenvalue weighted by Gasteiger charge is 2.23. The van der Waals surface area contributed by atoms with E-state index in [0.29, 0.717) is 22.2 Å². The average Bonchev–Trinajstić information content (AvgIpc) is 2.52. The molecule has 0 aliphatic rings. The molecule has 0 aliphatic carbocycles. The third kappa shape index (κ3) is 3.00. The van der Waals surface area contributed by atoms with Crippen molar-refractivity contribution in [2.45, 2.75) is 6.92 Å². The molecule has 0 aliphatic heterocycles. The third-order valence-corrected chi connectivity index (χ3v) is 3.49. The van der Waals surface area contributed by atoms with Gasteiger partial charge < -0.3 is 14.7 Å². The number of hydrogen-bond acceptors (Lipinski definition) is 4. The van der Waals surface area contributed by atoms with Gasteiger partial charge in [-0.25, -0.2) is 0 Å². The molecule has 1 aromatic heterocycles. The molecule has 1 heterocycles. The molecule has 1 N–H and O–H groups in total. The number of carboxylic acids is 1. The number of rotatable bonds is 5. The molecule has 22 heavy (non-hydrogen) atoms. The summed E-state index contributed by atoms with van der Waals surface area (Å²) in [5.74, 6) is -1.50. The van der Waals surface area contributed by atoms with Crippen LogP contribution in [0.3, 0.4) is 0 Å². The summed E-state index contributed by atoms with van der Waals surface area (Å²) in [6.07, 6.45) is 1.50. The van der Waals surface area contributed by atoms with Gasteiger partial charge in [0.25, 0.3) is 5.91 Å². The number of benzene rings is 1. The zero-order valence-electron chi connectivity index (χ0n) is 12.7. The summed E-state index contributed by atoms with van der Waals surface area (Å²) >= 11 is 0. The van der Waals surface area contributed by atoms with Crippen LogP contribution in [0, 0.1) is 5.92 Å². The molecule has 0 radical (unpaired) electrons. The number of fused-ring (bicyclic) bond motifs is 1. The number of aliphatic carboxylic acids is 1. The van der Waals surface area contributed by atoms with Gasteiger partial charge in [-0.15, -0.1) is 0 Å². The van der Waals surface area contributed by atoms with Crippen molar-refractivity contribution < 1.29 is 19.4 Å². The van der Waals surface area contributed by atoms with Gasteiger partial charge in [-0.05, 0) is 6.07 Å². The summed E-state index contributed by atoms with van der Waals surface area (Å²) in [5, 5.41) is 9.67. The van der Waals surface area contributed by atoms with Crippen molar-refractivity contribution in [3.8, 4) is 5.75 Å². The molecule has 0 bridgehead atoms. The van der Waals surface area contributed by atoms with Crippen molar-refractivity contribution in [3.05, 3.63) is 36.0 Å². The number of amides is 1. The number of carbonyl (C=O) groups is 2. The molecular weight excluding hydrogens is 284 g/mol. The van der Waals surface area contributed by atoms with Crippen LogP contribution in [0.15, 0.2) is 30.5 Å². The van der Waals surface area contributed by atoms with Crippen LogP contribution in [-0.2, 0) is 4.79 Å². The van der Waals surface area contributed by atoms with Crippen molar-refractivity contribution in [2.24, 2.45) is 5.92 Å². The summed E-state index contributed by atoms with van der Waals surface area (Å²) in [6.45, 7) is 1.68. The van der Waals surface area contributed by atoms with Gasteiger partial charge in [0, 0.05) is 19.0 Å². The summed E-state index contributed by atoms with van der Waals surface area (Å²) < 4.78 is 5.25. The van der Waals surface area contributed by atoms with E-state index in [-0.39, 0.29) is 12.5 Å². The van der Waals surface area contributed by atoms with E-state index in [0.717, 1.165) is 0 Å². The van der Waals surface area contributed by atoms with Gasteiger partial charge in [-0.1, -0.05) is 25.1 Å². The molecule has 1 unspecified atom stereocenters. The summed E-state index contributed by atoms with van der Waals surface area (Å²) in [7, 11) is 3.05. The highest BCUT2D eigenvalue weighted by molar-refractivity contribution is 6.08. The normalized spacial score (nSPS) is 12.0. The van der Waals surface area contributed by atoms with Crippen molar-refractivity contribution in [1.29, 1.82) is 0 Å².